The highest BCUT2D eigenvalue weighted by atomic mass is 127. The molecule has 1 aromatic carbocycles. The van der Waals surface area contributed by atoms with Crippen LogP contribution < -0.4 is 10.1 Å². The molecular weight excluding hydrogens is 503 g/mol. The molecular formula is C20H32ClIN6O. The van der Waals surface area contributed by atoms with Crippen LogP contribution in [0, 0.1) is 0 Å². The molecule has 1 aromatic heterocycles. The number of rotatable bonds is 9. The van der Waals surface area contributed by atoms with Crippen LogP contribution in [0.3, 0.4) is 0 Å². The van der Waals surface area contributed by atoms with Crippen LogP contribution in [0.25, 0.3) is 0 Å². The second kappa shape index (κ2) is 12.9. The Balaban J connectivity index is 0.00000420. The molecule has 0 saturated carbocycles. The predicted octanol–water partition coefficient (Wildman–Crippen LogP) is 3.27. The summed E-state index contributed by atoms with van der Waals surface area (Å²) in [5.41, 5.74) is 1.15. The SMILES string of the molecule is CCNC(=NCC(c1cnn(C)c1)N(C)C)N(C)CCOc1ccc(Cl)cc1.I. The summed E-state index contributed by atoms with van der Waals surface area (Å²) in [7, 11) is 8.06. The van der Waals surface area contributed by atoms with Crippen molar-refractivity contribution in [3.8, 4) is 5.75 Å². The molecule has 0 aliphatic heterocycles. The van der Waals surface area contributed by atoms with Crippen molar-refractivity contribution >= 4 is 41.5 Å². The molecule has 2 rings (SSSR count). The number of hydrogen-bond acceptors (Lipinski definition) is 4. The van der Waals surface area contributed by atoms with Crippen molar-refractivity contribution in [2.45, 2.75) is 13.0 Å². The zero-order valence-electron chi connectivity index (χ0n) is 17.8. The Morgan fingerprint density at radius 2 is 1.97 bits per heavy atom. The number of benzene rings is 1. The Hall–Kier alpha value is -1.52. The van der Waals surface area contributed by atoms with Crippen LogP contribution >= 0.6 is 35.6 Å². The minimum atomic E-state index is 0. The van der Waals surface area contributed by atoms with Crippen molar-refractivity contribution in [1.29, 1.82) is 0 Å². The van der Waals surface area contributed by atoms with Crippen LogP contribution in [0.5, 0.6) is 5.75 Å². The fraction of sp³-hybridized carbons (Fsp3) is 0.500. The van der Waals surface area contributed by atoms with Crippen LogP contribution in [-0.4, -0.2) is 72.9 Å². The Morgan fingerprint density at radius 1 is 1.28 bits per heavy atom. The summed E-state index contributed by atoms with van der Waals surface area (Å²) in [5.74, 6) is 1.67. The average Bonchev–Trinajstić information content (AvgIpc) is 3.08. The van der Waals surface area contributed by atoms with Gasteiger partial charge in [-0.3, -0.25) is 9.67 Å². The Bertz CT molecular complexity index is 750. The highest BCUT2D eigenvalue weighted by molar-refractivity contribution is 14.0. The molecule has 1 heterocycles. The van der Waals surface area contributed by atoms with Crippen LogP contribution in [0.4, 0.5) is 0 Å². The maximum absolute atomic E-state index is 5.90. The van der Waals surface area contributed by atoms with Gasteiger partial charge in [0, 0.05) is 37.4 Å². The highest BCUT2D eigenvalue weighted by Crippen LogP contribution is 2.18. The number of aliphatic imine (C=N–C) groups is 1. The van der Waals surface area contributed by atoms with Crippen molar-refractivity contribution in [2.75, 3.05) is 47.4 Å². The lowest BCUT2D eigenvalue weighted by Gasteiger charge is -2.25. The summed E-state index contributed by atoms with van der Waals surface area (Å²) in [6.45, 7) is 4.79. The summed E-state index contributed by atoms with van der Waals surface area (Å²) in [6, 6.07) is 7.56. The van der Waals surface area contributed by atoms with E-state index in [-0.39, 0.29) is 30.0 Å². The van der Waals surface area contributed by atoms with Crippen LogP contribution in [0.2, 0.25) is 5.02 Å². The standard InChI is InChI=1S/C20H31ClN6O.HI/c1-6-22-20(23-14-19(25(2)3)16-13-24-27(5)15-16)26(4)11-12-28-18-9-7-17(21)8-10-18;/h7-10,13,15,19H,6,11-12,14H2,1-5H3,(H,22,23);1H. The van der Waals surface area contributed by atoms with E-state index < -0.39 is 0 Å². The summed E-state index contributed by atoms with van der Waals surface area (Å²) in [5, 5.41) is 8.34. The van der Waals surface area contributed by atoms with Crippen molar-refractivity contribution < 1.29 is 4.74 Å². The molecule has 0 fully saturated rings. The molecule has 1 unspecified atom stereocenters. The average molecular weight is 535 g/mol. The van der Waals surface area contributed by atoms with Gasteiger partial charge >= 0.3 is 0 Å². The van der Waals surface area contributed by atoms with Gasteiger partial charge in [0.15, 0.2) is 5.96 Å². The third-order valence-electron chi connectivity index (χ3n) is 4.35. The zero-order chi connectivity index (χ0) is 20.5. The minimum absolute atomic E-state index is 0. The first kappa shape index (κ1) is 25.5. The largest absolute Gasteiger partial charge is 0.492 e. The number of halogens is 2. The van der Waals surface area contributed by atoms with E-state index in [0.717, 1.165) is 23.8 Å². The number of guanidine groups is 1. The molecule has 0 amide bonds. The van der Waals surface area contributed by atoms with Crippen molar-refractivity contribution in [2.24, 2.45) is 12.0 Å². The van der Waals surface area contributed by atoms with Crippen molar-refractivity contribution in [1.82, 2.24) is 24.9 Å². The van der Waals surface area contributed by atoms with Crippen LogP contribution in [0.1, 0.15) is 18.5 Å². The normalized spacial score (nSPS) is 12.4. The fourth-order valence-corrected chi connectivity index (χ4v) is 2.88. The monoisotopic (exact) mass is 534 g/mol. The minimum Gasteiger partial charge on any atom is -0.492 e. The van der Waals surface area contributed by atoms with Crippen LogP contribution in [-0.2, 0) is 7.05 Å². The smallest absolute Gasteiger partial charge is 0.193 e. The van der Waals surface area contributed by atoms with Gasteiger partial charge in [-0.15, -0.1) is 24.0 Å². The number of aromatic nitrogens is 2. The molecule has 0 bridgehead atoms. The molecule has 9 heteroatoms. The Kier molecular flexibility index (Phi) is 11.4. The third kappa shape index (κ3) is 8.39. The number of likely N-dealkylation sites (N-methyl/N-ethyl adjacent to an activating group) is 2. The second-order valence-corrected chi connectivity index (χ2v) is 7.28. The topological polar surface area (TPSA) is 57.9 Å². The van der Waals surface area contributed by atoms with Crippen molar-refractivity contribution in [3.05, 3.63) is 47.2 Å². The van der Waals surface area contributed by atoms with Gasteiger partial charge in [-0.05, 0) is 45.3 Å². The van der Waals surface area contributed by atoms with E-state index in [1.807, 2.05) is 55.4 Å². The van der Waals surface area contributed by atoms with E-state index in [0.29, 0.717) is 24.7 Å². The molecule has 7 nitrogen and oxygen atoms in total. The molecule has 2 aromatic rings. The number of nitrogens with zero attached hydrogens (tertiary/aromatic N) is 5. The number of aryl methyl sites for hydroxylation is 1. The van der Waals surface area contributed by atoms with E-state index >= 15 is 0 Å². The molecule has 1 N–H and O–H groups in total. The first-order valence-corrected chi connectivity index (χ1v) is 9.81. The van der Waals surface area contributed by atoms with E-state index in [1.54, 1.807) is 0 Å². The molecule has 162 valence electrons. The molecule has 1 atom stereocenters. The lowest BCUT2D eigenvalue weighted by Crippen LogP contribution is -2.41. The van der Waals surface area contributed by atoms with E-state index in [1.165, 1.54) is 0 Å². The van der Waals surface area contributed by atoms with Gasteiger partial charge < -0.3 is 19.9 Å². The summed E-state index contributed by atoms with van der Waals surface area (Å²) in [4.78, 5) is 9.08. The van der Waals surface area contributed by atoms with Gasteiger partial charge in [-0.1, -0.05) is 11.6 Å². The summed E-state index contributed by atoms with van der Waals surface area (Å²) < 4.78 is 7.61. The molecule has 0 spiro atoms. The summed E-state index contributed by atoms with van der Waals surface area (Å²) >= 11 is 5.90. The Labute approximate surface area is 196 Å². The lowest BCUT2D eigenvalue weighted by atomic mass is 10.1. The number of ether oxygens (including phenoxy) is 1. The van der Waals surface area contributed by atoms with E-state index in [4.69, 9.17) is 21.3 Å². The highest BCUT2D eigenvalue weighted by Gasteiger charge is 2.16. The fourth-order valence-electron chi connectivity index (χ4n) is 2.76. The van der Waals surface area contributed by atoms with Gasteiger partial charge in [-0.25, -0.2) is 0 Å². The third-order valence-corrected chi connectivity index (χ3v) is 4.60. The molecule has 0 saturated heterocycles. The number of nitrogens with one attached hydrogen (secondary N) is 1. The summed E-state index contributed by atoms with van der Waals surface area (Å²) in [6.07, 6.45) is 3.94. The molecule has 0 radical (unpaired) electrons. The van der Waals surface area contributed by atoms with Gasteiger partial charge in [0.2, 0.25) is 0 Å². The Morgan fingerprint density at radius 3 is 2.52 bits per heavy atom. The lowest BCUT2D eigenvalue weighted by molar-refractivity contribution is 0.279. The van der Waals surface area contributed by atoms with Crippen molar-refractivity contribution in [3.63, 3.8) is 0 Å². The quantitative estimate of drug-likeness (QED) is 0.304. The van der Waals surface area contributed by atoms with Gasteiger partial charge in [0.05, 0.1) is 25.3 Å². The molecule has 0 aliphatic carbocycles. The number of hydrogen-bond donors (Lipinski definition) is 1. The second-order valence-electron chi connectivity index (χ2n) is 6.85. The maximum atomic E-state index is 5.90. The maximum Gasteiger partial charge on any atom is 0.193 e. The van der Waals surface area contributed by atoms with E-state index in [2.05, 4.69) is 41.2 Å². The first-order valence-electron chi connectivity index (χ1n) is 9.43. The molecule has 29 heavy (non-hydrogen) atoms. The molecule has 0 aliphatic rings. The van der Waals surface area contributed by atoms with Gasteiger partial charge in [0.25, 0.3) is 0 Å². The zero-order valence-corrected chi connectivity index (χ0v) is 20.9. The van der Waals surface area contributed by atoms with E-state index in [9.17, 15) is 0 Å². The first-order chi connectivity index (χ1) is 13.4. The van der Waals surface area contributed by atoms with Gasteiger partial charge in [-0.2, -0.15) is 5.10 Å². The van der Waals surface area contributed by atoms with Crippen LogP contribution in [0.15, 0.2) is 41.7 Å². The predicted molar refractivity (Wildman–Crippen MR) is 131 cm³/mol. The van der Waals surface area contributed by atoms with Gasteiger partial charge in [0.1, 0.15) is 12.4 Å².